The maximum atomic E-state index is 12.6. The minimum absolute atomic E-state index is 0.0642. The Bertz CT molecular complexity index is 836. The van der Waals surface area contributed by atoms with Crippen molar-refractivity contribution in [2.24, 2.45) is 5.92 Å². The molecule has 1 unspecified atom stereocenters. The molecule has 0 saturated heterocycles. The lowest BCUT2D eigenvalue weighted by molar-refractivity contribution is -0.135. The van der Waals surface area contributed by atoms with Gasteiger partial charge in [-0.2, -0.15) is 0 Å². The number of nitrogens with one attached hydrogen (secondary N) is 3. The second-order valence-corrected chi connectivity index (χ2v) is 9.69. The number of hydrogen-bond acceptors (Lipinski definition) is 6. The molecule has 0 aliphatic heterocycles. The van der Waals surface area contributed by atoms with Gasteiger partial charge < -0.3 is 30.7 Å². The van der Waals surface area contributed by atoms with E-state index >= 15 is 0 Å². The molecule has 1 rings (SSSR count). The topological polar surface area (TPSA) is 137 Å². The minimum Gasteiger partial charge on any atom is -0.444 e. The first-order valence-electron chi connectivity index (χ1n) is 11.2. The predicted octanol–water partition coefficient (Wildman–Crippen LogP) is 1.35. The molecule has 10 nitrogen and oxygen atoms in total. The van der Waals surface area contributed by atoms with E-state index in [4.69, 9.17) is 4.74 Å². The third-order valence-electron chi connectivity index (χ3n) is 4.63. The van der Waals surface area contributed by atoms with Crippen LogP contribution in [-0.4, -0.2) is 72.2 Å². The first-order valence-corrected chi connectivity index (χ1v) is 11.2. The van der Waals surface area contributed by atoms with Crippen molar-refractivity contribution in [1.82, 2.24) is 20.9 Å². The largest absolute Gasteiger partial charge is 0.444 e. The molecule has 4 N–H and O–H groups in total. The summed E-state index contributed by atoms with van der Waals surface area (Å²) in [4.78, 5) is 51.1. The van der Waals surface area contributed by atoms with Crippen LogP contribution in [0.25, 0.3) is 0 Å². The molecule has 0 aliphatic rings. The van der Waals surface area contributed by atoms with Crippen LogP contribution in [0.4, 0.5) is 4.79 Å². The van der Waals surface area contributed by atoms with Crippen molar-refractivity contribution >= 4 is 23.8 Å². The van der Waals surface area contributed by atoms with Crippen LogP contribution in [0.15, 0.2) is 30.3 Å². The van der Waals surface area contributed by atoms with Gasteiger partial charge in [0.15, 0.2) is 6.10 Å². The van der Waals surface area contributed by atoms with Gasteiger partial charge >= 0.3 is 6.09 Å². The number of nitrogens with zero attached hydrogens (tertiary/aromatic N) is 1. The first-order chi connectivity index (χ1) is 15.7. The number of amides is 4. The van der Waals surface area contributed by atoms with E-state index in [0.717, 1.165) is 0 Å². The summed E-state index contributed by atoms with van der Waals surface area (Å²) in [6.45, 7) is 8.42. The first kappa shape index (κ1) is 28.9. The second-order valence-electron chi connectivity index (χ2n) is 9.69. The fourth-order valence-electron chi connectivity index (χ4n) is 3.09. The van der Waals surface area contributed by atoms with E-state index < -0.39 is 48.2 Å². The summed E-state index contributed by atoms with van der Waals surface area (Å²) >= 11 is 0. The molecule has 0 radical (unpaired) electrons. The lowest BCUT2D eigenvalue weighted by atomic mass is 9.98. The summed E-state index contributed by atoms with van der Waals surface area (Å²) in [5.74, 6) is -1.70. The number of carbonyl (C=O) groups is 4. The van der Waals surface area contributed by atoms with Crippen LogP contribution < -0.4 is 16.0 Å². The Labute approximate surface area is 201 Å². The summed E-state index contributed by atoms with van der Waals surface area (Å²) in [5, 5.41) is 18.0. The summed E-state index contributed by atoms with van der Waals surface area (Å²) < 4.78 is 5.21. The number of benzene rings is 1. The smallest absolute Gasteiger partial charge is 0.407 e. The molecule has 34 heavy (non-hydrogen) atoms. The summed E-state index contributed by atoms with van der Waals surface area (Å²) in [6, 6.07) is 6.90. The SMILES string of the molecule is CC(C)CC(NC(=O)OC(C)(C)C)[C@H](O)C(=O)NCC(=O)N[C@H](C(=O)N(C)C)c1ccccc1. The van der Waals surface area contributed by atoms with Crippen molar-refractivity contribution in [1.29, 1.82) is 0 Å². The average molecular weight is 479 g/mol. The van der Waals surface area contributed by atoms with Gasteiger partial charge in [-0.3, -0.25) is 14.4 Å². The van der Waals surface area contributed by atoms with E-state index in [9.17, 15) is 24.3 Å². The van der Waals surface area contributed by atoms with Gasteiger partial charge in [0.05, 0.1) is 12.6 Å². The predicted molar refractivity (Wildman–Crippen MR) is 128 cm³/mol. The molecule has 4 amide bonds. The van der Waals surface area contributed by atoms with Crippen LogP contribution in [-0.2, 0) is 19.1 Å². The molecule has 0 heterocycles. The second kappa shape index (κ2) is 12.9. The third-order valence-corrected chi connectivity index (χ3v) is 4.63. The Morgan fingerprint density at radius 2 is 1.62 bits per heavy atom. The number of rotatable bonds is 10. The summed E-state index contributed by atoms with van der Waals surface area (Å²) in [6.07, 6.45) is -2.04. The number of alkyl carbamates (subject to hydrolysis) is 1. The maximum Gasteiger partial charge on any atom is 0.407 e. The Kier molecular flexibility index (Phi) is 11.0. The van der Waals surface area contributed by atoms with Crippen molar-refractivity contribution in [3.05, 3.63) is 35.9 Å². The van der Waals surface area contributed by atoms with Crippen molar-refractivity contribution in [3.8, 4) is 0 Å². The van der Waals surface area contributed by atoms with Gasteiger partial charge in [-0.25, -0.2) is 4.79 Å². The van der Waals surface area contributed by atoms with E-state index in [2.05, 4.69) is 16.0 Å². The molecule has 0 spiro atoms. The normalized spacial score (nSPS) is 13.9. The zero-order chi connectivity index (χ0) is 26.1. The van der Waals surface area contributed by atoms with Crippen LogP contribution >= 0.6 is 0 Å². The van der Waals surface area contributed by atoms with Gasteiger partial charge in [0.1, 0.15) is 11.6 Å². The maximum absolute atomic E-state index is 12.6. The molecule has 0 aromatic heterocycles. The van der Waals surface area contributed by atoms with Crippen LogP contribution in [0.2, 0.25) is 0 Å². The Morgan fingerprint density at radius 1 is 1.03 bits per heavy atom. The molecule has 0 aliphatic carbocycles. The lowest BCUT2D eigenvalue weighted by Crippen LogP contribution is -2.53. The number of aliphatic hydroxyl groups excluding tert-OH is 1. The van der Waals surface area contributed by atoms with Gasteiger partial charge in [-0.05, 0) is 38.7 Å². The number of aliphatic hydroxyl groups is 1. The number of ether oxygens (including phenoxy) is 1. The van der Waals surface area contributed by atoms with E-state index in [1.54, 1.807) is 65.2 Å². The Hall–Kier alpha value is -3.14. The van der Waals surface area contributed by atoms with Crippen molar-refractivity contribution in [2.45, 2.75) is 64.8 Å². The van der Waals surface area contributed by atoms with Gasteiger partial charge in [-0.1, -0.05) is 44.2 Å². The van der Waals surface area contributed by atoms with Crippen molar-refractivity contribution in [3.63, 3.8) is 0 Å². The van der Waals surface area contributed by atoms with Crippen LogP contribution in [0.1, 0.15) is 52.6 Å². The van der Waals surface area contributed by atoms with E-state index in [-0.39, 0.29) is 11.8 Å². The lowest BCUT2D eigenvalue weighted by Gasteiger charge is -2.27. The van der Waals surface area contributed by atoms with Gasteiger partial charge in [0, 0.05) is 14.1 Å². The van der Waals surface area contributed by atoms with Gasteiger partial charge in [0.25, 0.3) is 5.91 Å². The van der Waals surface area contributed by atoms with Crippen molar-refractivity contribution in [2.75, 3.05) is 20.6 Å². The summed E-state index contributed by atoms with van der Waals surface area (Å²) in [5.41, 5.74) is -0.142. The van der Waals surface area contributed by atoms with Crippen LogP contribution in [0.5, 0.6) is 0 Å². The van der Waals surface area contributed by atoms with Crippen LogP contribution in [0, 0.1) is 5.92 Å². The molecule has 1 aromatic rings. The molecule has 0 bridgehead atoms. The quantitative estimate of drug-likeness (QED) is 0.401. The third kappa shape index (κ3) is 10.2. The molecule has 3 atom stereocenters. The molecular weight excluding hydrogens is 440 g/mol. The highest BCUT2D eigenvalue weighted by molar-refractivity contribution is 5.91. The van der Waals surface area contributed by atoms with Gasteiger partial charge in [0.2, 0.25) is 11.8 Å². The highest BCUT2D eigenvalue weighted by Gasteiger charge is 2.31. The van der Waals surface area contributed by atoms with E-state index in [0.29, 0.717) is 12.0 Å². The molecule has 0 fully saturated rings. The average Bonchev–Trinajstić information content (AvgIpc) is 2.73. The highest BCUT2D eigenvalue weighted by atomic mass is 16.6. The standard InChI is InChI=1S/C24H38N4O6/c1-15(2)13-17(26-23(33)34-24(3,4)5)20(30)21(31)25-14-18(29)27-19(22(32)28(6)7)16-11-9-8-10-12-16/h8-12,15,17,19-20,30H,13-14H2,1-7H3,(H,25,31)(H,26,33)(H,27,29)/t17?,19-,20-/m0/s1. The van der Waals surface area contributed by atoms with Gasteiger partial charge in [-0.15, -0.1) is 0 Å². The van der Waals surface area contributed by atoms with E-state index in [1.165, 1.54) is 4.90 Å². The zero-order valence-corrected chi connectivity index (χ0v) is 21.0. The number of likely N-dealkylation sites (N-methyl/N-ethyl adjacent to an activating group) is 1. The fraction of sp³-hybridized carbons (Fsp3) is 0.583. The van der Waals surface area contributed by atoms with E-state index in [1.807, 2.05) is 13.8 Å². The Morgan fingerprint density at radius 3 is 2.12 bits per heavy atom. The van der Waals surface area contributed by atoms with Crippen LogP contribution in [0.3, 0.4) is 0 Å². The molecule has 1 aromatic carbocycles. The highest BCUT2D eigenvalue weighted by Crippen LogP contribution is 2.15. The summed E-state index contributed by atoms with van der Waals surface area (Å²) in [7, 11) is 3.16. The number of carbonyl (C=O) groups excluding carboxylic acids is 4. The minimum atomic E-state index is -1.60. The fourth-order valence-corrected chi connectivity index (χ4v) is 3.09. The molecule has 10 heteroatoms. The molecular formula is C24H38N4O6. The number of hydrogen-bond donors (Lipinski definition) is 4. The Balaban J connectivity index is 2.79. The molecule has 0 saturated carbocycles. The monoisotopic (exact) mass is 478 g/mol. The molecule has 190 valence electrons. The van der Waals surface area contributed by atoms with Crippen molar-refractivity contribution < 1.29 is 29.0 Å². The zero-order valence-electron chi connectivity index (χ0n) is 21.0.